The summed E-state index contributed by atoms with van der Waals surface area (Å²) in [7, 11) is 0. The van der Waals surface area contributed by atoms with Gasteiger partial charge in [0.05, 0.1) is 5.92 Å². The number of hydrogen-bond donors (Lipinski definition) is 2. The highest BCUT2D eigenvalue weighted by molar-refractivity contribution is 6.02. The molecule has 0 spiro atoms. The van der Waals surface area contributed by atoms with Gasteiger partial charge < -0.3 is 11.1 Å². The lowest BCUT2D eigenvalue weighted by Gasteiger charge is -2.07. The van der Waals surface area contributed by atoms with E-state index in [0.29, 0.717) is 6.54 Å². The quantitative estimate of drug-likeness (QED) is 0.786. The van der Waals surface area contributed by atoms with Gasteiger partial charge in [-0.1, -0.05) is 19.1 Å². The molecule has 0 unspecified atom stereocenters. The summed E-state index contributed by atoms with van der Waals surface area (Å²) in [5.74, 6) is 0.0419. The molecule has 1 aromatic rings. The summed E-state index contributed by atoms with van der Waals surface area (Å²) in [6.07, 6.45) is 1.73. The van der Waals surface area contributed by atoms with Gasteiger partial charge in [0, 0.05) is 5.69 Å². The molecule has 0 bridgehead atoms. The fourth-order valence-corrected chi connectivity index (χ4v) is 2.05. The highest BCUT2D eigenvalue weighted by Crippen LogP contribution is 2.34. The maximum Gasteiger partial charge on any atom is 0.232 e. The smallest absolute Gasteiger partial charge is 0.232 e. The summed E-state index contributed by atoms with van der Waals surface area (Å²) in [5.41, 5.74) is 8.86. The van der Waals surface area contributed by atoms with Crippen molar-refractivity contribution in [3.8, 4) is 0 Å². The molecule has 2 rings (SSSR count). The molecule has 1 atom stereocenters. The van der Waals surface area contributed by atoms with Crippen molar-refractivity contribution in [2.45, 2.75) is 25.7 Å². The number of hydrogen-bond acceptors (Lipinski definition) is 2. The molecule has 1 aliphatic heterocycles. The van der Waals surface area contributed by atoms with Crippen molar-refractivity contribution in [1.29, 1.82) is 0 Å². The summed E-state index contributed by atoms with van der Waals surface area (Å²) in [4.78, 5) is 11.7. The van der Waals surface area contributed by atoms with Gasteiger partial charge >= 0.3 is 0 Å². The molecule has 0 radical (unpaired) electrons. The number of rotatable bonds is 3. The minimum absolute atomic E-state index is 0.0449. The predicted octanol–water partition coefficient (Wildman–Crippen LogP) is 1.63. The molecule has 1 heterocycles. The second kappa shape index (κ2) is 4.03. The Labute approximate surface area is 89.7 Å². The Bertz CT molecular complexity index is 387. The summed E-state index contributed by atoms with van der Waals surface area (Å²) in [6.45, 7) is 2.66. The molecule has 0 fully saturated rings. The van der Waals surface area contributed by atoms with E-state index in [1.807, 2.05) is 6.07 Å². The molecule has 3 nitrogen and oxygen atoms in total. The summed E-state index contributed by atoms with van der Waals surface area (Å²) >= 11 is 0. The SMILES string of the molecule is CCc1ccc2c(c1)[C@H](CCN)C(=O)N2. The zero-order chi connectivity index (χ0) is 10.8. The van der Waals surface area contributed by atoms with Gasteiger partial charge in [0.25, 0.3) is 0 Å². The monoisotopic (exact) mass is 204 g/mol. The third-order valence-electron chi connectivity index (χ3n) is 2.93. The second-order valence-corrected chi connectivity index (χ2v) is 3.89. The van der Waals surface area contributed by atoms with Crippen molar-refractivity contribution in [1.82, 2.24) is 0 Å². The van der Waals surface area contributed by atoms with Crippen molar-refractivity contribution >= 4 is 11.6 Å². The van der Waals surface area contributed by atoms with Gasteiger partial charge in [-0.25, -0.2) is 0 Å². The van der Waals surface area contributed by atoms with E-state index < -0.39 is 0 Å². The van der Waals surface area contributed by atoms with E-state index in [9.17, 15) is 4.79 Å². The number of carbonyl (C=O) groups is 1. The molecular formula is C12H16N2O. The predicted molar refractivity (Wildman–Crippen MR) is 60.9 cm³/mol. The number of nitrogens with one attached hydrogen (secondary N) is 1. The van der Waals surface area contributed by atoms with Crippen LogP contribution in [0.25, 0.3) is 0 Å². The van der Waals surface area contributed by atoms with Gasteiger partial charge in [0.2, 0.25) is 5.91 Å². The Kier molecular flexibility index (Phi) is 2.73. The first kappa shape index (κ1) is 10.2. The van der Waals surface area contributed by atoms with E-state index in [1.54, 1.807) is 0 Å². The summed E-state index contributed by atoms with van der Waals surface area (Å²) in [6, 6.07) is 6.17. The van der Waals surface area contributed by atoms with E-state index in [2.05, 4.69) is 24.4 Å². The molecule has 1 amide bonds. The lowest BCUT2D eigenvalue weighted by molar-refractivity contribution is -0.117. The van der Waals surface area contributed by atoms with Crippen LogP contribution in [-0.2, 0) is 11.2 Å². The van der Waals surface area contributed by atoms with Gasteiger partial charge in [-0.2, -0.15) is 0 Å². The number of nitrogens with two attached hydrogens (primary N) is 1. The van der Waals surface area contributed by atoms with E-state index >= 15 is 0 Å². The molecule has 0 aliphatic carbocycles. The van der Waals surface area contributed by atoms with Crippen molar-refractivity contribution < 1.29 is 4.79 Å². The first-order chi connectivity index (χ1) is 7.26. The van der Waals surface area contributed by atoms with Crippen molar-refractivity contribution in [3.63, 3.8) is 0 Å². The van der Waals surface area contributed by atoms with Crippen molar-refractivity contribution in [2.24, 2.45) is 5.73 Å². The van der Waals surface area contributed by atoms with Crippen LogP contribution in [-0.4, -0.2) is 12.5 Å². The van der Waals surface area contributed by atoms with Crippen LogP contribution in [0.3, 0.4) is 0 Å². The van der Waals surface area contributed by atoms with Gasteiger partial charge in [-0.15, -0.1) is 0 Å². The molecule has 80 valence electrons. The van der Waals surface area contributed by atoms with Crippen LogP contribution in [0, 0.1) is 0 Å². The highest BCUT2D eigenvalue weighted by Gasteiger charge is 2.29. The Hall–Kier alpha value is -1.35. The first-order valence-electron chi connectivity index (χ1n) is 5.40. The first-order valence-corrected chi connectivity index (χ1v) is 5.40. The number of benzene rings is 1. The number of carbonyl (C=O) groups excluding carboxylic acids is 1. The third kappa shape index (κ3) is 1.75. The third-order valence-corrected chi connectivity index (χ3v) is 2.93. The van der Waals surface area contributed by atoms with Gasteiger partial charge in [-0.05, 0) is 36.6 Å². The normalized spacial score (nSPS) is 18.8. The Balaban J connectivity index is 2.37. The number of aryl methyl sites for hydroxylation is 1. The molecule has 15 heavy (non-hydrogen) atoms. The summed E-state index contributed by atoms with van der Waals surface area (Å²) < 4.78 is 0. The molecule has 3 N–H and O–H groups in total. The van der Waals surface area contributed by atoms with Crippen molar-refractivity contribution in [2.75, 3.05) is 11.9 Å². The van der Waals surface area contributed by atoms with E-state index in [0.717, 1.165) is 24.1 Å². The van der Waals surface area contributed by atoms with E-state index in [1.165, 1.54) is 5.56 Å². The Morgan fingerprint density at radius 3 is 2.93 bits per heavy atom. The minimum Gasteiger partial charge on any atom is -0.330 e. The average Bonchev–Trinajstić information content (AvgIpc) is 2.55. The lowest BCUT2D eigenvalue weighted by atomic mass is 9.95. The average molecular weight is 204 g/mol. The van der Waals surface area contributed by atoms with Crippen LogP contribution in [0.4, 0.5) is 5.69 Å². The molecule has 3 heteroatoms. The minimum atomic E-state index is -0.0449. The molecule has 0 saturated heterocycles. The van der Waals surface area contributed by atoms with Gasteiger partial charge in [-0.3, -0.25) is 4.79 Å². The molecule has 1 aliphatic rings. The van der Waals surface area contributed by atoms with E-state index in [-0.39, 0.29) is 11.8 Å². The van der Waals surface area contributed by atoms with Crippen LogP contribution in [0.5, 0.6) is 0 Å². The van der Waals surface area contributed by atoms with Crippen LogP contribution >= 0.6 is 0 Å². The van der Waals surface area contributed by atoms with Crippen molar-refractivity contribution in [3.05, 3.63) is 29.3 Å². The Morgan fingerprint density at radius 2 is 2.27 bits per heavy atom. The second-order valence-electron chi connectivity index (χ2n) is 3.89. The molecule has 0 saturated carbocycles. The van der Waals surface area contributed by atoms with Crippen LogP contribution < -0.4 is 11.1 Å². The fourth-order valence-electron chi connectivity index (χ4n) is 2.05. The molecular weight excluding hydrogens is 188 g/mol. The number of fused-ring (bicyclic) bond motifs is 1. The maximum atomic E-state index is 11.7. The molecule has 1 aromatic carbocycles. The highest BCUT2D eigenvalue weighted by atomic mass is 16.2. The number of amides is 1. The zero-order valence-corrected chi connectivity index (χ0v) is 8.92. The number of anilines is 1. The largest absolute Gasteiger partial charge is 0.330 e. The van der Waals surface area contributed by atoms with E-state index in [4.69, 9.17) is 5.73 Å². The van der Waals surface area contributed by atoms with Crippen LogP contribution in [0.1, 0.15) is 30.4 Å². The molecule has 0 aromatic heterocycles. The van der Waals surface area contributed by atoms with Gasteiger partial charge in [0.15, 0.2) is 0 Å². The topological polar surface area (TPSA) is 55.1 Å². The lowest BCUT2D eigenvalue weighted by Crippen LogP contribution is -2.15. The standard InChI is InChI=1S/C12H16N2O/c1-2-8-3-4-11-10(7-8)9(5-6-13)12(15)14-11/h3-4,7,9H,2,5-6,13H2,1H3,(H,14,15)/t9-/m0/s1. The van der Waals surface area contributed by atoms with Gasteiger partial charge in [0.1, 0.15) is 0 Å². The fraction of sp³-hybridized carbons (Fsp3) is 0.417. The summed E-state index contributed by atoms with van der Waals surface area (Å²) in [5, 5.41) is 2.89. The maximum absolute atomic E-state index is 11.7. The van der Waals surface area contributed by atoms with Crippen LogP contribution in [0.2, 0.25) is 0 Å². The Morgan fingerprint density at radius 1 is 1.47 bits per heavy atom. The van der Waals surface area contributed by atoms with Crippen LogP contribution in [0.15, 0.2) is 18.2 Å². The zero-order valence-electron chi connectivity index (χ0n) is 8.92.